The molecule has 7 heavy (non-hydrogen) atoms. The standard InChI is InChI=1S/C6H11N/c1-5-4-6-2-3-7(5)6/h5-6H,2-4H2,1H3. The van der Waals surface area contributed by atoms with Crippen molar-refractivity contribution < 1.29 is 0 Å². The maximum Gasteiger partial charge on any atom is 0.0125 e. The maximum atomic E-state index is 2.57. The summed E-state index contributed by atoms with van der Waals surface area (Å²) in [5, 5.41) is 0. The van der Waals surface area contributed by atoms with Crippen molar-refractivity contribution in [1.29, 1.82) is 0 Å². The van der Waals surface area contributed by atoms with Gasteiger partial charge in [0, 0.05) is 18.6 Å². The largest absolute Gasteiger partial charge is 0.297 e. The summed E-state index contributed by atoms with van der Waals surface area (Å²) in [6.45, 7) is 3.70. The van der Waals surface area contributed by atoms with Crippen LogP contribution in [0.15, 0.2) is 0 Å². The Morgan fingerprint density at radius 2 is 2.43 bits per heavy atom. The summed E-state index contributed by atoms with van der Waals surface area (Å²) >= 11 is 0. The van der Waals surface area contributed by atoms with Gasteiger partial charge in [-0.2, -0.15) is 0 Å². The fourth-order valence-electron chi connectivity index (χ4n) is 1.69. The number of nitrogens with zero attached hydrogens (tertiary/aromatic N) is 1. The molecule has 40 valence electrons. The summed E-state index contributed by atoms with van der Waals surface area (Å²) in [5.74, 6) is 0. The van der Waals surface area contributed by atoms with E-state index in [9.17, 15) is 0 Å². The van der Waals surface area contributed by atoms with E-state index in [4.69, 9.17) is 0 Å². The monoisotopic (exact) mass is 97.1 g/mol. The highest BCUT2D eigenvalue weighted by Crippen LogP contribution is 2.35. The summed E-state index contributed by atoms with van der Waals surface area (Å²) < 4.78 is 0. The Kier molecular flexibility index (Phi) is 0.571. The fraction of sp³-hybridized carbons (Fsp3) is 1.00. The van der Waals surface area contributed by atoms with Crippen LogP contribution in [-0.4, -0.2) is 23.5 Å². The van der Waals surface area contributed by atoms with Crippen LogP contribution in [-0.2, 0) is 0 Å². The Bertz CT molecular complexity index is 86.2. The third-order valence-corrected chi connectivity index (χ3v) is 2.37. The first-order valence-electron chi connectivity index (χ1n) is 3.13. The molecule has 0 spiro atoms. The van der Waals surface area contributed by atoms with E-state index >= 15 is 0 Å². The van der Waals surface area contributed by atoms with E-state index in [0.29, 0.717) is 0 Å². The van der Waals surface area contributed by atoms with Crippen molar-refractivity contribution >= 4 is 0 Å². The second-order valence-corrected chi connectivity index (χ2v) is 2.77. The third kappa shape index (κ3) is 0.325. The van der Waals surface area contributed by atoms with Gasteiger partial charge in [-0.25, -0.2) is 0 Å². The molecule has 0 aromatic heterocycles. The third-order valence-electron chi connectivity index (χ3n) is 2.37. The van der Waals surface area contributed by atoms with Gasteiger partial charge in [-0.15, -0.1) is 0 Å². The van der Waals surface area contributed by atoms with Gasteiger partial charge in [0.25, 0.3) is 0 Å². The minimum Gasteiger partial charge on any atom is -0.297 e. The summed E-state index contributed by atoms with van der Waals surface area (Å²) in [4.78, 5) is 2.57. The van der Waals surface area contributed by atoms with Crippen molar-refractivity contribution in [2.24, 2.45) is 0 Å². The van der Waals surface area contributed by atoms with E-state index in [1.165, 1.54) is 19.4 Å². The van der Waals surface area contributed by atoms with Crippen LogP contribution in [0.25, 0.3) is 0 Å². The topological polar surface area (TPSA) is 3.24 Å². The Hall–Kier alpha value is -0.0400. The number of fused-ring (bicyclic) bond motifs is 1. The molecule has 2 rings (SSSR count). The molecule has 0 aromatic carbocycles. The van der Waals surface area contributed by atoms with Crippen molar-refractivity contribution in [3.8, 4) is 0 Å². The summed E-state index contributed by atoms with van der Waals surface area (Å²) in [5.41, 5.74) is 0. The molecule has 2 fully saturated rings. The summed E-state index contributed by atoms with van der Waals surface area (Å²) in [6, 6.07) is 1.95. The second kappa shape index (κ2) is 1.03. The Morgan fingerprint density at radius 3 is 2.43 bits per heavy atom. The Balaban J connectivity index is 1.99. The first kappa shape index (κ1) is 3.90. The van der Waals surface area contributed by atoms with E-state index in [1.807, 2.05) is 0 Å². The average molecular weight is 97.2 g/mol. The zero-order valence-corrected chi connectivity index (χ0v) is 4.72. The van der Waals surface area contributed by atoms with Crippen molar-refractivity contribution in [3.05, 3.63) is 0 Å². The normalized spacial score (nSPS) is 49.3. The van der Waals surface area contributed by atoms with Crippen LogP contribution in [0.1, 0.15) is 19.8 Å². The molecule has 2 unspecified atom stereocenters. The van der Waals surface area contributed by atoms with Crippen LogP contribution in [0, 0.1) is 0 Å². The second-order valence-electron chi connectivity index (χ2n) is 2.77. The van der Waals surface area contributed by atoms with E-state index < -0.39 is 0 Å². The Morgan fingerprint density at radius 1 is 1.57 bits per heavy atom. The van der Waals surface area contributed by atoms with Gasteiger partial charge in [0.05, 0.1) is 0 Å². The first-order valence-corrected chi connectivity index (χ1v) is 3.13. The van der Waals surface area contributed by atoms with Crippen molar-refractivity contribution in [2.45, 2.75) is 31.8 Å². The van der Waals surface area contributed by atoms with Crippen molar-refractivity contribution in [1.82, 2.24) is 4.90 Å². The number of hydrogen-bond acceptors (Lipinski definition) is 1. The van der Waals surface area contributed by atoms with Gasteiger partial charge in [-0.05, 0) is 19.8 Å². The minimum atomic E-state index is 0.929. The Labute approximate surface area is 44.3 Å². The summed E-state index contributed by atoms with van der Waals surface area (Å²) in [6.07, 6.45) is 2.95. The highest BCUT2D eigenvalue weighted by atomic mass is 15.3. The highest BCUT2D eigenvalue weighted by Gasteiger charge is 2.41. The predicted octanol–water partition coefficient (Wildman–Crippen LogP) is 0.853. The van der Waals surface area contributed by atoms with Gasteiger partial charge < -0.3 is 0 Å². The molecule has 0 aliphatic carbocycles. The summed E-state index contributed by atoms with van der Waals surface area (Å²) in [7, 11) is 0. The average Bonchev–Trinajstić information content (AvgIpc) is 1.59. The molecule has 2 saturated heterocycles. The van der Waals surface area contributed by atoms with Gasteiger partial charge in [0.15, 0.2) is 0 Å². The highest BCUT2D eigenvalue weighted by molar-refractivity contribution is 4.97. The molecule has 0 bridgehead atoms. The molecule has 2 aliphatic rings. The van der Waals surface area contributed by atoms with Crippen molar-refractivity contribution in [2.75, 3.05) is 6.54 Å². The van der Waals surface area contributed by atoms with Crippen LogP contribution in [0.2, 0.25) is 0 Å². The van der Waals surface area contributed by atoms with Gasteiger partial charge in [0.1, 0.15) is 0 Å². The van der Waals surface area contributed by atoms with Gasteiger partial charge in [-0.1, -0.05) is 0 Å². The van der Waals surface area contributed by atoms with Crippen LogP contribution in [0.4, 0.5) is 0 Å². The molecular weight excluding hydrogens is 86.1 g/mol. The molecule has 2 heterocycles. The zero-order chi connectivity index (χ0) is 4.85. The lowest BCUT2D eigenvalue weighted by Gasteiger charge is -2.55. The fourth-order valence-corrected chi connectivity index (χ4v) is 1.69. The number of piperidine rings is 1. The number of hydrogen-bond donors (Lipinski definition) is 0. The van der Waals surface area contributed by atoms with E-state index in [-0.39, 0.29) is 0 Å². The predicted molar refractivity (Wildman–Crippen MR) is 29.2 cm³/mol. The van der Waals surface area contributed by atoms with E-state index in [2.05, 4.69) is 11.8 Å². The van der Waals surface area contributed by atoms with Crippen molar-refractivity contribution in [3.63, 3.8) is 0 Å². The van der Waals surface area contributed by atoms with E-state index in [1.54, 1.807) is 0 Å². The van der Waals surface area contributed by atoms with Crippen LogP contribution >= 0.6 is 0 Å². The lowest BCUT2D eigenvalue weighted by Crippen LogP contribution is -2.62. The number of rotatable bonds is 0. The maximum absolute atomic E-state index is 2.57. The molecule has 0 aromatic rings. The molecular formula is C6H11N. The SMILES string of the molecule is CC1CC2CCN12. The van der Waals surface area contributed by atoms with Gasteiger partial charge in [-0.3, -0.25) is 4.90 Å². The molecule has 1 heteroatoms. The smallest absolute Gasteiger partial charge is 0.0125 e. The van der Waals surface area contributed by atoms with Crippen LogP contribution < -0.4 is 0 Å². The molecule has 2 aliphatic heterocycles. The van der Waals surface area contributed by atoms with Gasteiger partial charge in [0.2, 0.25) is 0 Å². The molecule has 0 amide bonds. The van der Waals surface area contributed by atoms with E-state index in [0.717, 1.165) is 12.1 Å². The molecule has 0 N–H and O–H groups in total. The molecule has 2 atom stereocenters. The van der Waals surface area contributed by atoms with Gasteiger partial charge >= 0.3 is 0 Å². The zero-order valence-electron chi connectivity index (χ0n) is 4.72. The quantitative estimate of drug-likeness (QED) is 0.433. The minimum absolute atomic E-state index is 0.929. The molecule has 0 radical (unpaired) electrons. The lowest BCUT2D eigenvalue weighted by molar-refractivity contribution is -0.0556. The first-order chi connectivity index (χ1) is 3.38. The molecule has 1 nitrogen and oxygen atoms in total. The molecule has 0 saturated carbocycles. The van der Waals surface area contributed by atoms with Crippen LogP contribution in [0.3, 0.4) is 0 Å². The lowest BCUT2D eigenvalue weighted by atomic mass is 9.84. The van der Waals surface area contributed by atoms with Crippen LogP contribution in [0.5, 0.6) is 0 Å².